The Morgan fingerprint density at radius 2 is 2.14 bits per heavy atom. The van der Waals surface area contributed by atoms with Gasteiger partial charge in [-0.15, -0.1) is 0 Å². The van der Waals surface area contributed by atoms with E-state index in [1.165, 1.54) is 18.9 Å². The van der Waals surface area contributed by atoms with Gasteiger partial charge in [-0.2, -0.15) is 0 Å². The van der Waals surface area contributed by atoms with Gasteiger partial charge in [-0.25, -0.2) is 0 Å². The molecule has 1 aromatic rings. The molecule has 0 bridgehead atoms. The van der Waals surface area contributed by atoms with E-state index in [1.807, 2.05) is 18.2 Å². The lowest BCUT2D eigenvalue weighted by Crippen LogP contribution is -2.25. The van der Waals surface area contributed by atoms with Crippen LogP contribution in [0.25, 0.3) is 0 Å². The largest absolute Gasteiger partial charge is 0.352 e. The minimum absolute atomic E-state index is 0.0253. The Morgan fingerprint density at radius 1 is 1.33 bits per heavy atom. The van der Waals surface area contributed by atoms with E-state index in [9.17, 15) is 9.59 Å². The highest BCUT2D eigenvalue weighted by atomic mass is 16.2. The van der Waals surface area contributed by atoms with Crippen LogP contribution in [0.2, 0.25) is 0 Å². The summed E-state index contributed by atoms with van der Waals surface area (Å²) < 4.78 is 0. The van der Waals surface area contributed by atoms with E-state index < -0.39 is 0 Å². The van der Waals surface area contributed by atoms with Gasteiger partial charge in [-0.3, -0.25) is 9.59 Å². The van der Waals surface area contributed by atoms with E-state index >= 15 is 0 Å². The van der Waals surface area contributed by atoms with Gasteiger partial charge < -0.3 is 10.6 Å². The molecule has 0 unspecified atom stereocenters. The standard InChI is InChI=1S/C17H20N2O2/c1-2-16(20)19-15-7-3-5-14(11-15)12-17(21)18-10-4-6-13-8-9-13/h2-7,11,13H,1,8-10,12H2,(H,18,21)(H,19,20)/b6-4+. The minimum Gasteiger partial charge on any atom is -0.352 e. The van der Waals surface area contributed by atoms with Crippen molar-refractivity contribution in [1.29, 1.82) is 0 Å². The van der Waals surface area contributed by atoms with Crippen LogP contribution in [0.4, 0.5) is 5.69 Å². The van der Waals surface area contributed by atoms with E-state index in [0.29, 0.717) is 18.7 Å². The van der Waals surface area contributed by atoms with Gasteiger partial charge in [0.15, 0.2) is 0 Å². The van der Waals surface area contributed by atoms with Crippen LogP contribution in [0.15, 0.2) is 49.1 Å². The summed E-state index contributed by atoms with van der Waals surface area (Å²) in [5.41, 5.74) is 1.53. The average Bonchev–Trinajstić information content (AvgIpc) is 3.28. The number of carbonyl (C=O) groups excluding carboxylic acids is 2. The first-order chi connectivity index (χ1) is 10.2. The molecule has 0 atom stereocenters. The van der Waals surface area contributed by atoms with Crippen molar-refractivity contribution in [2.75, 3.05) is 11.9 Å². The minimum atomic E-state index is -0.262. The molecular weight excluding hydrogens is 264 g/mol. The first kappa shape index (κ1) is 15.0. The van der Waals surface area contributed by atoms with Crippen LogP contribution in [0, 0.1) is 5.92 Å². The molecule has 0 spiro atoms. The van der Waals surface area contributed by atoms with Gasteiger partial charge in [-0.1, -0.05) is 30.9 Å². The summed E-state index contributed by atoms with van der Waals surface area (Å²) in [6.07, 6.45) is 8.23. The zero-order valence-electron chi connectivity index (χ0n) is 12.0. The molecule has 0 aromatic heterocycles. The van der Waals surface area contributed by atoms with Crippen LogP contribution in [0.1, 0.15) is 18.4 Å². The summed E-state index contributed by atoms with van der Waals surface area (Å²) in [5.74, 6) is 0.441. The predicted molar refractivity (Wildman–Crippen MR) is 83.8 cm³/mol. The predicted octanol–water partition coefficient (Wildman–Crippen LogP) is 2.44. The molecule has 4 nitrogen and oxygen atoms in total. The number of hydrogen-bond donors (Lipinski definition) is 2. The Bertz CT molecular complexity index is 560. The fraction of sp³-hybridized carbons (Fsp3) is 0.294. The molecule has 0 heterocycles. The van der Waals surface area contributed by atoms with Crippen molar-refractivity contribution in [3.63, 3.8) is 0 Å². The summed E-state index contributed by atoms with van der Waals surface area (Å²) in [4.78, 5) is 23.0. The van der Waals surface area contributed by atoms with Crippen molar-refractivity contribution in [3.8, 4) is 0 Å². The molecule has 1 aromatic carbocycles. The molecule has 0 radical (unpaired) electrons. The van der Waals surface area contributed by atoms with Gasteiger partial charge in [0.25, 0.3) is 0 Å². The van der Waals surface area contributed by atoms with Crippen LogP contribution in [-0.4, -0.2) is 18.4 Å². The molecule has 2 amide bonds. The van der Waals surface area contributed by atoms with Gasteiger partial charge in [0.05, 0.1) is 6.42 Å². The van der Waals surface area contributed by atoms with Crippen LogP contribution < -0.4 is 10.6 Å². The quantitative estimate of drug-likeness (QED) is 0.597. The summed E-state index contributed by atoms with van der Waals surface area (Å²) in [5, 5.41) is 5.53. The summed E-state index contributed by atoms with van der Waals surface area (Å²) in [7, 11) is 0. The number of hydrogen-bond acceptors (Lipinski definition) is 2. The third-order valence-corrected chi connectivity index (χ3v) is 3.19. The fourth-order valence-electron chi connectivity index (χ4n) is 1.92. The maximum Gasteiger partial charge on any atom is 0.247 e. The number of nitrogens with one attached hydrogen (secondary N) is 2. The summed E-state index contributed by atoms with van der Waals surface area (Å²) in [6, 6.07) is 7.25. The van der Waals surface area contributed by atoms with Crippen LogP contribution in [0.3, 0.4) is 0 Å². The van der Waals surface area contributed by atoms with Gasteiger partial charge >= 0.3 is 0 Å². The van der Waals surface area contributed by atoms with E-state index in [-0.39, 0.29) is 11.8 Å². The molecular formula is C17H20N2O2. The summed E-state index contributed by atoms with van der Waals surface area (Å²) >= 11 is 0. The maximum absolute atomic E-state index is 11.8. The topological polar surface area (TPSA) is 58.2 Å². The van der Waals surface area contributed by atoms with Gasteiger partial charge in [0.2, 0.25) is 11.8 Å². The molecule has 2 rings (SSSR count). The second-order valence-corrected chi connectivity index (χ2v) is 5.14. The molecule has 1 aliphatic carbocycles. The lowest BCUT2D eigenvalue weighted by molar-refractivity contribution is -0.120. The van der Waals surface area contributed by atoms with Crippen LogP contribution in [0.5, 0.6) is 0 Å². The highest BCUT2D eigenvalue weighted by molar-refractivity contribution is 5.98. The second-order valence-electron chi connectivity index (χ2n) is 5.14. The Balaban J connectivity index is 1.80. The molecule has 2 N–H and O–H groups in total. The van der Waals surface area contributed by atoms with Crippen molar-refractivity contribution >= 4 is 17.5 Å². The smallest absolute Gasteiger partial charge is 0.247 e. The van der Waals surface area contributed by atoms with Gasteiger partial charge in [0, 0.05) is 12.2 Å². The molecule has 0 saturated heterocycles. The lowest BCUT2D eigenvalue weighted by Gasteiger charge is -2.06. The number of carbonyl (C=O) groups is 2. The number of rotatable bonds is 7. The Hall–Kier alpha value is -2.36. The first-order valence-electron chi connectivity index (χ1n) is 7.13. The molecule has 1 fully saturated rings. The molecule has 0 aliphatic heterocycles. The van der Waals surface area contributed by atoms with Crippen molar-refractivity contribution in [2.24, 2.45) is 5.92 Å². The Morgan fingerprint density at radius 3 is 2.86 bits per heavy atom. The van der Waals surface area contributed by atoms with E-state index in [1.54, 1.807) is 12.1 Å². The maximum atomic E-state index is 11.8. The SMILES string of the molecule is C=CC(=O)Nc1cccc(CC(=O)NC/C=C/C2CC2)c1. The second kappa shape index (κ2) is 7.43. The molecule has 1 aliphatic rings. The van der Waals surface area contributed by atoms with Crippen LogP contribution >= 0.6 is 0 Å². The van der Waals surface area contributed by atoms with Crippen LogP contribution in [-0.2, 0) is 16.0 Å². The highest BCUT2D eigenvalue weighted by Crippen LogP contribution is 2.29. The summed E-state index contributed by atoms with van der Waals surface area (Å²) in [6.45, 7) is 3.98. The fourth-order valence-corrected chi connectivity index (χ4v) is 1.92. The van der Waals surface area contributed by atoms with Crippen molar-refractivity contribution in [2.45, 2.75) is 19.3 Å². The monoisotopic (exact) mass is 284 g/mol. The van der Waals surface area contributed by atoms with Crippen molar-refractivity contribution in [3.05, 3.63) is 54.6 Å². The zero-order chi connectivity index (χ0) is 15.1. The molecule has 4 heteroatoms. The highest BCUT2D eigenvalue weighted by Gasteiger charge is 2.16. The Labute approximate surface area is 124 Å². The zero-order valence-corrected chi connectivity index (χ0v) is 12.0. The lowest BCUT2D eigenvalue weighted by atomic mass is 10.1. The number of amides is 2. The first-order valence-corrected chi connectivity index (χ1v) is 7.13. The number of allylic oxidation sites excluding steroid dienone is 1. The molecule has 1 saturated carbocycles. The van der Waals surface area contributed by atoms with Gasteiger partial charge in [0.1, 0.15) is 0 Å². The van der Waals surface area contributed by atoms with E-state index in [2.05, 4.69) is 23.3 Å². The van der Waals surface area contributed by atoms with Gasteiger partial charge in [-0.05, 0) is 42.5 Å². The van der Waals surface area contributed by atoms with E-state index in [4.69, 9.17) is 0 Å². The van der Waals surface area contributed by atoms with Crippen molar-refractivity contribution < 1.29 is 9.59 Å². The third-order valence-electron chi connectivity index (χ3n) is 3.19. The number of anilines is 1. The number of benzene rings is 1. The normalized spacial score (nSPS) is 13.9. The Kier molecular flexibility index (Phi) is 5.32. The molecule has 110 valence electrons. The molecule has 21 heavy (non-hydrogen) atoms. The average molecular weight is 284 g/mol. The van der Waals surface area contributed by atoms with E-state index in [0.717, 1.165) is 11.5 Å². The third kappa shape index (κ3) is 5.65. The van der Waals surface area contributed by atoms with Crippen molar-refractivity contribution in [1.82, 2.24) is 5.32 Å².